The SMILES string of the molecule is Cc1nn(C)c(C)c1[C@@H]1CCCN1C(=O)C(C)(C)n1cc(Cl)cn1. The van der Waals surface area contributed by atoms with Crippen molar-refractivity contribution in [2.45, 2.75) is 52.1 Å². The number of halogens is 1. The molecule has 130 valence electrons. The number of likely N-dealkylation sites (tertiary alicyclic amines) is 1. The number of nitrogens with zero attached hydrogens (tertiary/aromatic N) is 5. The fourth-order valence-corrected chi connectivity index (χ4v) is 3.77. The number of rotatable bonds is 3. The zero-order valence-corrected chi connectivity index (χ0v) is 15.6. The summed E-state index contributed by atoms with van der Waals surface area (Å²) in [4.78, 5) is 15.3. The average Bonchev–Trinajstić information content (AvgIpc) is 3.20. The van der Waals surface area contributed by atoms with E-state index in [1.165, 1.54) is 5.56 Å². The Kier molecular flexibility index (Phi) is 4.20. The van der Waals surface area contributed by atoms with Gasteiger partial charge in [0.25, 0.3) is 0 Å². The Bertz CT molecular complexity index is 776. The van der Waals surface area contributed by atoms with Crippen molar-refractivity contribution in [1.29, 1.82) is 0 Å². The summed E-state index contributed by atoms with van der Waals surface area (Å²) >= 11 is 5.98. The molecule has 1 aliphatic rings. The minimum Gasteiger partial charge on any atom is -0.333 e. The van der Waals surface area contributed by atoms with Crippen LogP contribution >= 0.6 is 11.6 Å². The second-order valence-corrected chi connectivity index (χ2v) is 7.46. The lowest BCUT2D eigenvalue weighted by Gasteiger charge is -2.33. The number of amides is 1. The Labute approximate surface area is 147 Å². The molecule has 0 aliphatic carbocycles. The monoisotopic (exact) mass is 349 g/mol. The van der Waals surface area contributed by atoms with Crippen molar-refractivity contribution in [2.24, 2.45) is 7.05 Å². The van der Waals surface area contributed by atoms with Gasteiger partial charge >= 0.3 is 0 Å². The maximum absolute atomic E-state index is 13.3. The van der Waals surface area contributed by atoms with Gasteiger partial charge in [-0.05, 0) is 40.5 Å². The fraction of sp³-hybridized carbons (Fsp3) is 0.588. The summed E-state index contributed by atoms with van der Waals surface area (Å²) in [5.41, 5.74) is 2.52. The number of carbonyl (C=O) groups is 1. The Morgan fingerprint density at radius 3 is 2.62 bits per heavy atom. The van der Waals surface area contributed by atoms with Gasteiger partial charge < -0.3 is 4.90 Å². The van der Waals surface area contributed by atoms with Crippen LogP contribution in [0.1, 0.15) is 49.7 Å². The molecule has 0 radical (unpaired) electrons. The highest BCUT2D eigenvalue weighted by molar-refractivity contribution is 6.30. The van der Waals surface area contributed by atoms with E-state index < -0.39 is 5.54 Å². The van der Waals surface area contributed by atoms with Crippen molar-refractivity contribution < 1.29 is 4.79 Å². The molecule has 0 saturated carbocycles. The molecule has 24 heavy (non-hydrogen) atoms. The second-order valence-electron chi connectivity index (χ2n) is 7.03. The Hall–Kier alpha value is -1.82. The molecule has 0 unspecified atom stereocenters. The van der Waals surface area contributed by atoms with Crippen molar-refractivity contribution in [2.75, 3.05) is 6.54 Å². The average molecular weight is 350 g/mol. The van der Waals surface area contributed by atoms with Crippen LogP contribution in [0.3, 0.4) is 0 Å². The van der Waals surface area contributed by atoms with Gasteiger partial charge in [-0.25, -0.2) is 0 Å². The molecule has 2 aromatic rings. The third-order valence-electron chi connectivity index (χ3n) is 5.06. The minimum atomic E-state index is -0.778. The minimum absolute atomic E-state index is 0.0624. The molecule has 0 N–H and O–H groups in total. The highest BCUT2D eigenvalue weighted by Gasteiger charge is 2.41. The van der Waals surface area contributed by atoms with Crippen molar-refractivity contribution in [1.82, 2.24) is 24.5 Å². The zero-order valence-electron chi connectivity index (χ0n) is 14.9. The molecule has 1 amide bonds. The van der Waals surface area contributed by atoms with E-state index in [-0.39, 0.29) is 11.9 Å². The smallest absolute Gasteiger partial charge is 0.250 e. The Balaban J connectivity index is 1.94. The van der Waals surface area contributed by atoms with Gasteiger partial charge in [0, 0.05) is 31.0 Å². The highest BCUT2D eigenvalue weighted by Crippen LogP contribution is 2.37. The molecule has 1 atom stereocenters. The molecule has 3 heterocycles. The molecule has 6 nitrogen and oxygen atoms in total. The molecule has 1 saturated heterocycles. The molecule has 1 aliphatic heterocycles. The highest BCUT2D eigenvalue weighted by atomic mass is 35.5. The van der Waals surface area contributed by atoms with E-state index in [2.05, 4.69) is 17.1 Å². The predicted octanol–water partition coefficient (Wildman–Crippen LogP) is 2.99. The molecular weight excluding hydrogens is 326 g/mol. The van der Waals surface area contributed by atoms with Crippen LogP contribution in [-0.4, -0.2) is 36.9 Å². The van der Waals surface area contributed by atoms with E-state index in [4.69, 9.17) is 11.6 Å². The van der Waals surface area contributed by atoms with E-state index in [0.29, 0.717) is 5.02 Å². The Morgan fingerprint density at radius 2 is 2.08 bits per heavy atom. The van der Waals surface area contributed by atoms with Crippen LogP contribution in [0.2, 0.25) is 5.02 Å². The van der Waals surface area contributed by atoms with Gasteiger partial charge in [-0.15, -0.1) is 0 Å². The number of aromatic nitrogens is 4. The lowest BCUT2D eigenvalue weighted by molar-refractivity contribution is -0.140. The van der Waals surface area contributed by atoms with Crippen LogP contribution in [0, 0.1) is 13.8 Å². The summed E-state index contributed by atoms with van der Waals surface area (Å²) in [6, 6.07) is 0.0801. The first-order chi connectivity index (χ1) is 11.2. The van der Waals surface area contributed by atoms with E-state index in [0.717, 1.165) is 30.8 Å². The van der Waals surface area contributed by atoms with E-state index in [9.17, 15) is 4.79 Å². The van der Waals surface area contributed by atoms with Gasteiger partial charge in [0.05, 0.1) is 23.0 Å². The van der Waals surface area contributed by atoms with Gasteiger partial charge in [-0.1, -0.05) is 11.6 Å². The predicted molar refractivity (Wildman–Crippen MR) is 92.9 cm³/mol. The fourth-order valence-electron chi connectivity index (χ4n) is 3.64. The summed E-state index contributed by atoms with van der Waals surface area (Å²) in [6.45, 7) is 8.61. The maximum Gasteiger partial charge on any atom is 0.250 e. The first kappa shape index (κ1) is 17.0. The largest absolute Gasteiger partial charge is 0.333 e. The molecule has 7 heteroatoms. The van der Waals surface area contributed by atoms with Crippen molar-refractivity contribution >= 4 is 17.5 Å². The summed E-state index contributed by atoms with van der Waals surface area (Å²) in [5.74, 6) is 0.0624. The molecule has 3 rings (SSSR count). The number of hydrogen-bond donors (Lipinski definition) is 0. The van der Waals surface area contributed by atoms with Crippen LogP contribution in [0.4, 0.5) is 0 Å². The lowest BCUT2D eigenvalue weighted by Crippen LogP contribution is -2.47. The van der Waals surface area contributed by atoms with E-state index in [1.54, 1.807) is 17.1 Å². The Morgan fingerprint density at radius 1 is 1.38 bits per heavy atom. The second kappa shape index (κ2) is 5.92. The van der Waals surface area contributed by atoms with Crippen molar-refractivity contribution in [3.05, 3.63) is 34.4 Å². The number of aryl methyl sites for hydroxylation is 2. The first-order valence-electron chi connectivity index (χ1n) is 8.25. The van der Waals surface area contributed by atoms with Crippen LogP contribution < -0.4 is 0 Å². The first-order valence-corrected chi connectivity index (χ1v) is 8.63. The summed E-state index contributed by atoms with van der Waals surface area (Å²) < 4.78 is 3.54. The van der Waals surface area contributed by atoms with Crippen LogP contribution in [-0.2, 0) is 17.4 Å². The summed E-state index contributed by atoms with van der Waals surface area (Å²) in [7, 11) is 1.95. The molecule has 1 fully saturated rings. The van der Waals surface area contributed by atoms with Gasteiger partial charge in [-0.2, -0.15) is 10.2 Å². The van der Waals surface area contributed by atoms with Crippen LogP contribution in [0.5, 0.6) is 0 Å². The van der Waals surface area contributed by atoms with Crippen molar-refractivity contribution in [3.8, 4) is 0 Å². The van der Waals surface area contributed by atoms with Gasteiger partial charge in [0.2, 0.25) is 5.91 Å². The number of hydrogen-bond acceptors (Lipinski definition) is 3. The van der Waals surface area contributed by atoms with Gasteiger partial charge in [0.15, 0.2) is 0 Å². The summed E-state index contributed by atoms with van der Waals surface area (Å²) in [5, 5.41) is 9.29. The molecule has 0 spiro atoms. The van der Waals surface area contributed by atoms with E-state index >= 15 is 0 Å². The zero-order chi connectivity index (χ0) is 17.6. The standard InChI is InChI=1S/C17H24ClN5O/c1-11-15(12(2)21(5)20-11)14-7-6-8-22(14)16(24)17(3,4)23-10-13(18)9-19-23/h9-10,14H,6-8H2,1-5H3/t14-/m0/s1. The van der Waals surface area contributed by atoms with Gasteiger partial charge in [-0.3, -0.25) is 14.2 Å². The van der Waals surface area contributed by atoms with Gasteiger partial charge in [0.1, 0.15) is 5.54 Å². The maximum atomic E-state index is 13.3. The number of carbonyl (C=O) groups excluding carboxylic acids is 1. The third-order valence-corrected chi connectivity index (χ3v) is 5.25. The molecule has 0 aromatic carbocycles. The lowest BCUT2D eigenvalue weighted by atomic mass is 9.99. The topological polar surface area (TPSA) is 56.0 Å². The summed E-state index contributed by atoms with van der Waals surface area (Å²) in [6.07, 6.45) is 5.23. The van der Waals surface area contributed by atoms with Crippen LogP contribution in [0.25, 0.3) is 0 Å². The molecular formula is C17H24ClN5O. The quantitative estimate of drug-likeness (QED) is 0.856. The molecule has 2 aromatic heterocycles. The van der Waals surface area contributed by atoms with E-state index in [1.807, 2.05) is 37.4 Å². The third kappa shape index (κ3) is 2.62. The normalized spacial score (nSPS) is 18.4. The molecule has 0 bridgehead atoms. The van der Waals surface area contributed by atoms with Crippen LogP contribution in [0.15, 0.2) is 12.4 Å². The van der Waals surface area contributed by atoms with Crippen molar-refractivity contribution in [3.63, 3.8) is 0 Å².